The third kappa shape index (κ3) is 12.4. The molecule has 7 heteroatoms. The molecule has 0 radical (unpaired) electrons. The van der Waals surface area contributed by atoms with Gasteiger partial charge in [0.2, 0.25) is 0 Å². The molecule has 0 aliphatic heterocycles. The number of rotatable bonds is 19. The van der Waals surface area contributed by atoms with Crippen molar-refractivity contribution in [2.24, 2.45) is 0 Å². The summed E-state index contributed by atoms with van der Waals surface area (Å²) in [4.78, 5) is 27.1. The minimum atomic E-state index is -1.14. The number of Topliss-reactive ketones (excluding diaryl/α,β-unsaturated/α-hetero) is 1. The lowest BCUT2D eigenvalue weighted by atomic mass is 9.99. The minimum Gasteiger partial charge on any atom is -0.443 e. The fourth-order valence-corrected chi connectivity index (χ4v) is 5.44. The maximum absolute atomic E-state index is 13.6. The van der Waals surface area contributed by atoms with Crippen LogP contribution in [-0.4, -0.2) is 42.8 Å². The molecular formula is C45H44O7. The first kappa shape index (κ1) is 37.9. The molecule has 4 atom stereocenters. The molecule has 7 nitrogen and oxygen atoms in total. The lowest BCUT2D eigenvalue weighted by Gasteiger charge is -2.35. The van der Waals surface area contributed by atoms with Crippen molar-refractivity contribution < 1.29 is 33.3 Å². The fraction of sp³-hybridized carbons (Fsp3) is 0.244. The molecule has 266 valence electrons. The lowest BCUT2D eigenvalue weighted by Crippen LogP contribution is -2.51. The van der Waals surface area contributed by atoms with E-state index in [0.717, 1.165) is 22.3 Å². The number of ketones is 1. The number of hydrogen-bond acceptors (Lipinski definition) is 7. The average molecular weight is 697 g/mol. The van der Waals surface area contributed by atoms with Crippen LogP contribution in [0, 0.1) is 11.8 Å². The van der Waals surface area contributed by atoms with Crippen molar-refractivity contribution in [2.45, 2.75) is 64.2 Å². The van der Waals surface area contributed by atoms with Crippen LogP contribution in [0.5, 0.6) is 0 Å². The first-order chi connectivity index (χ1) is 25.6. The second kappa shape index (κ2) is 21.1. The maximum Gasteiger partial charge on any atom is 0.339 e. The van der Waals surface area contributed by atoms with Crippen molar-refractivity contribution in [3.63, 3.8) is 0 Å². The highest BCUT2D eigenvalue weighted by Crippen LogP contribution is 2.24. The van der Waals surface area contributed by atoms with Crippen LogP contribution in [0.2, 0.25) is 0 Å². The Hall–Kier alpha value is -5.36. The first-order valence-electron chi connectivity index (χ1n) is 17.4. The van der Waals surface area contributed by atoms with Gasteiger partial charge in [0, 0.05) is 6.42 Å². The Morgan fingerprint density at radius 3 is 1.44 bits per heavy atom. The molecule has 0 aliphatic rings. The molecule has 0 bridgehead atoms. The summed E-state index contributed by atoms with van der Waals surface area (Å²) in [5.74, 6) is 5.46. The van der Waals surface area contributed by atoms with Gasteiger partial charge < -0.3 is 23.7 Å². The van der Waals surface area contributed by atoms with Crippen molar-refractivity contribution in [1.29, 1.82) is 0 Å². The maximum atomic E-state index is 13.6. The summed E-state index contributed by atoms with van der Waals surface area (Å²) in [7, 11) is 0. The molecular weight excluding hydrogens is 652 g/mol. The van der Waals surface area contributed by atoms with Crippen LogP contribution in [0.4, 0.5) is 0 Å². The smallest absolute Gasteiger partial charge is 0.339 e. The van der Waals surface area contributed by atoms with Gasteiger partial charge in [-0.05, 0) is 41.3 Å². The van der Waals surface area contributed by atoms with Crippen molar-refractivity contribution in [3.8, 4) is 11.8 Å². The zero-order valence-corrected chi connectivity index (χ0v) is 29.3. The van der Waals surface area contributed by atoms with E-state index in [4.69, 9.17) is 23.7 Å². The van der Waals surface area contributed by atoms with Crippen LogP contribution >= 0.6 is 0 Å². The van der Waals surface area contributed by atoms with Gasteiger partial charge in [0.1, 0.15) is 18.3 Å². The molecule has 0 aromatic heterocycles. The molecule has 0 heterocycles. The van der Waals surface area contributed by atoms with Gasteiger partial charge in [0.15, 0.2) is 11.9 Å². The van der Waals surface area contributed by atoms with E-state index in [9.17, 15) is 9.59 Å². The molecule has 5 aromatic carbocycles. The summed E-state index contributed by atoms with van der Waals surface area (Å²) in [6, 6.07) is 47.5. The third-order valence-electron chi connectivity index (χ3n) is 8.13. The van der Waals surface area contributed by atoms with Gasteiger partial charge >= 0.3 is 5.97 Å². The standard InChI is InChI=1S/C45H44O7/c1-35(46)42(49-32-37-21-9-3-10-22-37)44(51-34-39-25-13-5-14-26-39)43(50-33-38-23-11-4-12-24-38)41(52-45(47)40-27-15-6-16-28-40)29-17-18-30-48-31-36-19-7-2-8-20-36/h2-16,19-28,41-44H,18,30-34H2,1H3/t41?,42-,43+,44+/m1/s1. The monoisotopic (exact) mass is 696 g/mol. The molecule has 1 unspecified atom stereocenters. The molecule has 5 aromatic rings. The van der Waals surface area contributed by atoms with Crippen LogP contribution in [0.25, 0.3) is 0 Å². The zero-order chi connectivity index (χ0) is 36.2. The fourth-order valence-electron chi connectivity index (χ4n) is 5.44. The van der Waals surface area contributed by atoms with Crippen molar-refractivity contribution in [1.82, 2.24) is 0 Å². The molecule has 52 heavy (non-hydrogen) atoms. The van der Waals surface area contributed by atoms with E-state index in [0.29, 0.717) is 25.2 Å². The van der Waals surface area contributed by atoms with Gasteiger partial charge in [0.05, 0.1) is 38.6 Å². The van der Waals surface area contributed by atoms with Crippen molar-refractivity contribution in [3.05, 3.63) is 179 Å². The SMILES string of the molecule is CC(=O)[C@@H](OCc1ccccc1)[C@H](OCc1ccccc1)[C@@H](OCc1ccccc1)C(C#CCCOCc1ccccc1)OC(=O)c1ccccc1. The second-order valence-electron chi connectivity index (χ2n) is 12.2. The number of hydrogen-bond donors (Lipinski definition) is 0. The summed E-state index contributed by atoms with van der Waals surface area (Å²) in [6.07, 6.45) is -3.93. The van der Waals surface area contributed by atoms with Crippen LogP contribution in [-0.2, 0) is 54.9 Å². The van der Waals surface area contributed by atoms with E-state index in [1.54, 1.807) is 24.3 Å². The Bertz CT molecular complexity index is 1820. The molecule has 0 saturated heterocycles. The van der Waals surface area contributed by atoms with E-state index in [1.165, 1.54) is 6.92 Å². The van der Waals surface area contributed by atoms with Gasteiger partial charge in [-0.25, -0.2) is 4.79 Å². The average Bonchev–Trinajstić information content (AvgIpc) is 3.19. The van der Waals surface area contributed by atoms with Crippen LogP contribution in [0.1, 0.15) is 46.0 Å². The molecule has 0 saturated carbocycles. The predicted molar refractivity (Wildman–Crippen MR) is 200 cm³/mol. The van der Waals surface area contributed by atoms with E-state index in [1.807, 2.05) is 127 Å². The molecule has 5 rings (SSSR count). The van der Waals surface area contributed by atoms with E-state index >= 15 is 0 Å². The second-order valence-corrected chi connectivity index (χ2v) is 12.2. The highest BCUT2D eigenvalue weighted by atomic mass is 16.6. The van der Waals surface area contributed by atoms with E-state index in [2.05, 4.69) is 11.8 Å². The van der Waals surface area contributed by atoms with Gasteiger partial charge in [0.25, 0.3) is 0 Å². The summed E-state index contributed by atoms with van der Waals surface area (Å²) >= 11 is 0. The number of carbonyl (C=O) groups excluding carboxylic acids is 2. The van der Waals surface area contributed by atoms with Gasteiger partial charge in [-0.3, -0.25) is 4.79 Å². The Labute approximate surface area is 306 Å². The van der Waals surface area contributed by atoms with Gasteiger partial charge in [-0.1, -0.05) is 151 Å². The minimum absolute atomic E-state index is 0.140. The quantitative estimate of drug-likeness (QED) is 0.0490. The summed E-state index contributed by atoms with van der Waals surface area (Å²) in [5.41, 5.74) is 4.07. The molecule has 0 fully saturated rings. The molecule has 0 aliphatic carbocycles. The lowest BCUT2D eigenvalue weighted by molar-refractivity contribution is -0.177. The number of carbonyl (C=O) groups is 2. The van der Waals surface area contributed by atoms with Gasteiger partial charge in [-0.2, -0.15) is 0 Å². The summed E-state index contributed by atoms with van der Waals surface area (Å²) in [6.45, 7) is 2.72. The van der Waals surface area contributed by atoms with Gasteiger partial charge in [-0.15, -0.1) is 0 Å². The molecule has 0 amide bonds. The Morgan fingerprint density at radius 1 is 0.538 bits per heavy atom. The van der Waals surface area contributed by atoms with Crippen LogP contribution < -0.4 is 0 Å². The Kier molecular flexibility index (Phi) is 15.4. The largest absolute Gasteiger partial charge is 0.443 e. The Morgan fingerprint density at radius 2 is 0.962 bits per heavy atom. The third-order valence-corrected chi connectivity index (χ3v) is 8.13. The normalized spacial score (nSPS) is 13.2. The Balaban J connectivity index is 1.48. The van der Waals surface area contributed by atoms with Crippen LogP contribution in [0.3, 0.4) is 0 Å². The topological polar surface area (TPSA) is 80.3 Å². The highest BCUT2D eigenvalue weighted by Gasteiger charge is 2.41. The first-order valence-corrected chi connectivity index (χ1v) is 17.4. The van der Waals surface area contributed by atoms with E-state index < -0.39 is 30.4 Å². The zero-order valence-electron chi connectivity index (χ0n) is 29.3. The predicted octanol–water partition coefficient (Wildman–Crippen LogP) is 8.17. The van der Waals surface area contributed by atoms with E-state index in [-0.39, 0.29) is 25.6 Å². The highest BCUT2D eigenvalue weighted by molar-refractivity contribution is 5.89. The molecule has 0 spiro atoms. The van der Waals surface area contributed by atoms with Crippen molar-refractivity contribution in [2.75, 3.05) is 6.61 Å². The number of benzene rings is 5. The molecule has 0 N–H and O–H groups in total. The summed E-state index contributed by atoms with van der Waals surface area (Å²) in [5, 5.41) is 0. The number of esters is 1. The van der Waals surface area contributed by atoms with Crippen molar-refractivity contribution >= 4 is 11.8 Å². The number of ether oxygens (including phenoxy) is 5. The van der Waals surface area contributed by atoms with Crippen LogP contribution in [0.15, 0.2) is 152 Å². The summed E-state index contributed by atoms with van der Waals surface area (Å²) < 4.78 is 31.6.